The van der Waals surface area contributed by atoms with Gasteiger partial charge in [0.15, 0.2) is 0 Å². The van der Waals surface area contributed by atoms with Gasteiger partial charge >= 0.3 is 0 Å². The van der Waals surface area contributed by atoms with Crippen LogP contribution in [0.2, 0.25) is 0 Å². The topological polar surface area (TPSA) is 129 Å². The van der Waals surface area contributed by atoms with Gasteiger partial charge < -0.3 is 25.3 Å². The molecular formula is C27H18N2O6. The highest BCUT2D eigenvalue weighted by Crippen LogP contribution is 2.24. The Balaban J connectivity index is 1.46. The van der Waals surface area contributed by atoms with Crippen molar-refractivity contribution >= 4 is 45.1 Å². The zero-order valence-corrected chi connectivity index (χ0v) is 18.1. The second-order valence-electron chi connectivity index (χ2n) is 7.86. The minimum absolute atomic E-state index is 0.0513. The number of nitrogens with one attached hydrogen (secondary N) is 2. The summed E-state index contributed by atoms with van der Waals surface area (Å²) in [7, 11) is 0. The lowest BCUT2D eigenvalue weighted by molar-refractivity contribution is 0.101. The summed E-state index contributed by atoms with van der Waals surface area (Å²) in [6.07, 6.45) is 0. The summed E-state index contributed by atoms with van der Waals surface area (Å²) in [5.74, 6) is -0.687. The lowest BCUT2D eigenvalue weighted by Crippen LogP contribution is -2.13. The maximum Gasteiger partial charge on any atom is 0.255 e. The van der Waals surface area contributed by atoms with Gasteiger partial charge in [-0.3, -0.25) is 14.4 Å². The normalized spacial score (nSPS) is 10.9. The molecule has 1 heterocycles. The number of anilines is 2. The number of hydrogen-bond acceptors (Lipinski definition) is 6. The molecule has 172 valence electrons. The standard InChI is InChI=1S/C27H18N2O6/c30-19-7-1-15(2-8-19)26(33)28-17-5-11-23-21(13-17)25(32)22-14-18(6-12-24(22)35-23)29-27(34)16-3-9-20(31)10-4-16/h1-14,30-31H,(H,28,33)(H,29,34). The van der Waals surface area contributed by atoms with Gasteiger partial charge in [-0.15, -0.1) is 0 Å². The molecule has 1 aromatic heterocycles. The second-order valence-corrected chi connectivity index (χ2v) is 7.86. The van der Waals surface area contributed by atoms with E-state index in [2.05, 4.69) is 10.6 Å². The predicted octanol–water partition coefficient (Wildman–Crippen LogP) is 4.86. The van der Waals surface area contributed by atoms with Gasteiger partial charge in [0.1, 0.15) is 22.7 Å². The van der Waals surface area contributed by atoms with E-state index in [-0.39, 0.29) is 27.7 Å². The lowest BCUT2D eigenvalue weighted by Gasteiger charge is -2.09. The Kier molecular flexibility index (Phi) is 5.39. The van der Waals surface area contributed by atoms with Crippen molar-refractivity contribution in [2.24, 2.45) is 0 Å². The molecule has 0 fully saturated rings. The molecule has 4 N–H and O–H groups in total. The average Bonchev–Trinajstić information content (AvgIpc) is 2.85. The van der Waals surface area contributed by atoms with Crippen molar-refractivity contribution in [1.82, 2.24) is 0 Å². The summed E-state index contributed by atoms with van der Waals surface area (Å²) in [6.45, 7) is 0. The van der Waals surface area contributed by atoms with Crippen LogP contribution in [0, 0.1) is 0 Å². The zero-order chi connectivity index (χ0) is 24.5. The van der Waals surface area contributed by atoms with Crippen LogP contribution < -0.4 is 16.1 Å². The number of carbonyl (C=O) groups is 2. The molecule has 5 aromatic rings. The fourth-order valence-corrected chi connectivity index (χ4v) is 3.64. The molecule has 8 nitrogen and oxygen atoms in total. The molecule has 0 atom stereocenters. The maximum atomic E-state index is 13.2. The largest absolute Gasteiger partial charge is 0.508 e. The third-order valence-corrected chi connectivity index (χ3v) is 5.44. The van der Waals surface area contributed by atoms with E-state index in [9.17, 15) is 24.6 Å². The van der Waals surface area contributed by atoms with Crippen molar-refractivity contribution in [3.63, 3.8) is 0 Å². The van der Waals surface area contributed by atoms with Crippen LogP contribution in [0.1, 0.15) is 20.7 Å². The molecule has 0 spiro atoms. The number of benzene rings is 4. The highest BCUT2D eigenvalue weighted by molar-refractivity contribution is 6.06. The van der Waals surface area contributed by atoms with E-state index in [1.54, 1.807) is 24.3 Å². The molecule has 0 aliphatic heterocycles. The first-order valence-corrected chi connectivity index (χ1v) is 10.6. The third kappa shape index (κ3) is 4.40. The number of phenols is 2. The number of phenolic OH excluding ortho intramolecular Hbond substituents is 2. The molecule has 5 rings (SSSR count). The Morgan fingerprint density at radius 1 is 0.600 bits per heavy atom. The maximum absolute atomic E-state index is 13.2. The predicted molar refractivity (Wildman–Crippen MR) is 132 cm³/mol. The summed E-state index contributed by atoms with van der Waals surface area (Å²) >= 11 is 0. The molecular weight excluding hydrogens is 448 g/mol. The molecule has 4 aromatic carbocycles. The molecule has 0 radical (unpaired) electrons. The number of aromatic hydroxyl groups is 2. The van der Waals surface area contributed by atoms with Crippen LogP contribution >= 0.6 is 0 Å². The van der Waals surface area contributed by atoms with Crippen LogP contribution in [0.4, 0.5) is 11.4 Å². The smallest absolute Gasteiger partial charge is 0.255 e. The summed E-state index contributed by atoms with van der Waals surface area (Å²) in [5.41, 5.74) is 1.89. The Morgan fingerprint density at radius 2 is 1.00 bits per heavy atom. The monoisotopic (exact) mass is 466 g/mol. The molecule has 0 unspecified atom stereocenters. The molecule has 0 saturated heterocycles. The number of rotatable bonds is 4. The van der Waals surface area contributed by atoms with Crippen molar-refractivity contribution in [3.05, 3.63) is 106 Å². The van der Waals surface area contributed by atoms with Crippen molar-refractivity contribution < 1.29 is 24.2 Å². The Bertz CT molecular complexity index is 1530. The molecule has 0 bridgehead atoms. The third-order valence-electron chi connectivity index (χ3n) is 5.44. The van der Waals surface area contributed by atoms with Gasteiger partial charge in [-0.2, -0.15) is 0 Å². The van der Waals surface area contributed by atoms with Gasteiger partial charge in [-0.25, -0.2) is 0 Å². The van der Waals surface area contributed by atoms with E-state index in [0.29, 0.717) is 33.7 Å². The first-order chi connectivity index (χ1) is 16.9. The minimum atomic E-state index is -0.395. The van der Waals surface area contributed by atoms with Gasteiger partial charge in [0.2, 0.25) is 5.43 Å². The van der Waals surface area contributed by atoms with Gasteiger partial charge in [-0.1, -0.05) is 0 Å². The van der Waals surface area contributed by atoms with E-state index in [1.165, 1.54) is 60.7 Å². The number of fused-ring (bicyclic) bond motifs is 2. The quantitative estimate of drug-likeness (QED) is 0.280. The van der Waals surface area contributed by atoms with E-state index in [0.717, 1.165) is 0 Å². The molecule has 0 aliphatic rings. The van der Waals surface area contributed by atoms with Crippen LogP contribution in [0.5, 0.6) is 11.5 Å². The summed E-state index contributed by atoms with van der Waals surface area (Å²) in [5, 5.41) is 24.8. The fourth-order valence-electron chi connectivity index (χ4n) is 3.64. The van der Waals surface area contributed by atoms with Crippen LogP contribution in [0.15, 0.2) is 94.1 Å². The van der Waals surface area contributed by atoms with Crippen LogP contribution in [-0.4, -0.2) is 22.0 Å². The molecule has 0 saturated carbocycles. The average molecular weight is 466 g/mol. The first-order valence-electron chi connectivity index (χ1n) is 10.6. The Labute approximate surface area is 198 Å². The lowest BCUT2D eigenvalue weighted by atomic mass is 10.1. The van der Waals surface area contributed by atoms with Gasteiger partial charge in [-0.05, 0) is 84.9 Å². The van der Waals surface area contributed by atoms with Crippen LogP contribution in [0.3, 0.4) is 0 Å². The van der Waals surface area contributed by atoms with Crippen molar-refractivity contribution in [3.8, 4) is 11.5 Å². The zero-order valence-electron chi connectivity index (χ0n) is 18.1. The molecule has 0 aliphatic carbocycles. The number of carbonyl (C=O) groups excluding carboxylic acids is 2. The van der Waals surface area contributed by atoms with E-state index in [1.807, 2.05) is 0 Å². The highest BCUT2D eigenvalue weighted by atomic mass is 16.3. The number of hydrogen-bond donors (Lipinski definition) is 4. The van der Waals surface area contributed by atoms with Crippen molar-refractivity contribution in [2.75, 3.05) is 10.6 Å². The van der Waals surface area contributed by atoms with Crippen LogP contribution in [0.25, 0.3) is 21.9 Å². The first kappa shape index (κ1) is 21.7. The SMILES string of the molecule is O=C(Nc1ccc2oc3ccc(NC(=O)c4ccc(O)cc4)cc3c(=O)c2c1)c1ccc(O)cc1. The van der Waals surface area contributed by atoms with Gasteiger partial charge in [0, 0.05) is 22.5 Å². The van der Waals surface area contributed by atoms with Gasteiger partial charge in [0.05, 0.1) is 10.8 Å². The van der Waals surface area contributed by atoms with Crippen molar-refractivity contribution in [2.45, 2.75) is 0 Å². The Morgan fingerprint density at radius 3 is 1.40 bits per heavy atom. The highest BCUT2D eigenvalue weighted by Gasteiger charge is 2.13. The second kappa shape index (κ2) is 8.68. The summed E-state index contributed by atoms with van der Waals surface area (Å²) in [4.78, 5) is 38.2. The Hall–Kier alpha value is -5.11. The summed E-state index contributed by atoms with van der Waals surface area (Å²) in [6, 6.07) is 21.1. The molecule has 2 amide bonds. The van der Waals surface area contributed by atoms with Gasteiger partial charge in [0.25, 0.3) is 11.8 Å². The minimum Gasteiger partial charge on any atom is -0.508 e. The number of amides is 2. The van der Waals surface area contributed by atoms with Crippen molar-refractivity contribution in [1.29, 1.82) is 0 Å². The molecule has 8 heteroatoms. The summed E-state index contributed by atoms with van der Waals surface area (Å²) < 4.78 is 5.86. The van der Waals surface area contributed by atoms with E-state index in [4.69, 9.17) is 4.42 Å². The van der Waals surface area contributed by atoms with Crippen LogP contribution in [-0.2, 0) is 0 Å². The molecule has 35 heavy (non-hydrogen) atoms. The van der Waals surface area contributed by atoms with E-state index >= 15 is 0 Å². The van der Waals surface area contributed by atoms with E-state index < -0.39 is 11.8 Å². The fraction of sp³-hybridized carbons (Fsp3) is 0.